The summed E-state index contributed by atoms with van der Waals surface area (Å²) in [6.07, 6.45) is 1.76. The van der Waals surface area contributed by atoms with Gasteiger partial charge in [0.2, 0.25) is 0 Å². The molecular formula is C21H30O5. The van der Waals surface area contributed by atoms with Crippen LogP contribution in [0.4, 0.5) is 0 Å². The van der Waals surface area contributed by atoms with E-state index in [9.17, 15) is 0 Å². The Morgan fingerprint density at radius 1 is 0.885 bits per heavy atom. The summed E-state index contributed by atoms with van der Waals surface area (Å²) in [6.45, 7) is 8.81. The molecule has 6 atom stereocenters. The Balaban J connectivity index is 1.53. The van der Waals surface area contributed by atoms with Gasteiger partial charge < -0.3 is 23.7 Å². The summed E-state index contributed by atoms with van der Waals surface area (Å²) < 4.78 is 30.5. The van der Waals surface area contributed by atoms with E-state index in [0.29, 0.717) is 6.61 Å². The molecule has 0 radical (unpaired) electrons. The van der Waals surface area contributed by atoms with E-state index in [1.54, 1.807) is 0 Å². The second kappa shape index (κ2) is 7.21. The average Bonchev–Trinajstić information content (AvgIpc) is 3.20. The number of ether oxygens (including phenoxy) is 5. The van der Waals surface area contributed by atoms with Gasteiger partial charge >= 0.3 is 0 Å². The average molecular weight is 362 g/mol. The third kappa shape index (κ3) is 3.43. The molecule has 1 spiro atoms. The smallest absolute Gasteiger partial charge is 0.287 e. The highest BCUT2D eigenvalue weighted by molar-refractivity contribution is 5.16. The minimum atomic E-state index is -0.949. The molecule has 1 aromatic rings. The highest BCUT2D eigenvalue weighted by Crippen LogP contribution is 2.48. The highest BCUT2D eigenvalue weighted by atomic mass is 16.9. The maximum absolute atomic E-state index is 6.22. The molecule has 5 heteroatoms. The van der Waals surface area contributed by atoms with E-state index in [1.165, 1.54) is 5.56 Å². The predicted molar refractivity (Wildman–Crippen MR) is 96.4 cm³/mol. The number of rotatable bonds is 4. The van der Waals surface area contributed by atoms with Gasteiger partial charge in [-0.3, -0.25) is 0 Å². The van der Waals surface area contributed by atoms with Gasteiger partial charge in [-0.05, 0) is 45.6 Å². The fraction of sp³-hybridized carbons (Fsp3) is 0.714. The van der Waals surface area contributed by atoms with Gasteiger partial charge in [0.25, 0.3) is 5.97 Å². The molecule has 26 heavy (non-hydrogen) atoms. The molecule has 144 valence electrons. The summed E-state index contributed by atoms with van der Waals surface area (Å²) in [5.74, 6) is -0.583. The molecule has 0 N–H and O–H groups in total. The summed E-state index contributed by atoms with van der Waals surface area (Å²) in [6, 6.07) is 10.5. The van der Waals surface area contributed by atoms with Crippen LogP contribution in [0.1, 0.15) is 39.7 Å². The molecule has 3 aliphatic rings. The van der Waals surface area contributed by atoms with E-state index < -0.39 is 5.97 Å². The van der Waals surface area contributed by atoms with E-state index in [4.69, 9.17) is 23.7 Å². The fourth-order valence-corrected chi connectivity index (χ4v) is 4.20. The lowest BCUT2D eigenvalue weighted by Gasteiger charge is -2.31. The van der Waals surface area contributed by atoms with E-state index in [1.807, 2.05) is 19.9 Å². The molecule has 3 fully saturated rings. The molecule has 3 aliphatic heterocycles. The minimum absolute atomic E-state index is 0.0195. The largest absolute Gasteiger partial charge is 0.347 e. The summed E-state index contributed by atoms with van der Waals surface area (Å²) in [7, 11) is 0. The summed E-state index contributed by atoms with van der Waals surface area (Å²) in [5, 5.41) is 0. The van der Waals surface area contributed by atoms with Crippen molar-refractivity contribution in [1.29, 1.82) is 0 Å². The molecule has 0 bridgehead atoms. The Kier molecular flexibility index (Phi) is 5.10. The quantitative estimate of drug-likeness (QED) is 0.820. The first-order valence-corrected chi connectivity index (χ1v) is 9.81. The lowest BCUT2D eigenvalue weighted by atomic mass is 9.85. The van der Waals surface area contributed by atoms with Crippen molar-refractivity contribution in [3.8, 4) is 0 Å². The van der Waals surface area contributed by atoms with Gasteiger partial charge in [-0.25, -0.2) is 0 Å². The van der Waals surface area contributed by atoms with Crippen molar-refractivity contribution in [1.82, 2.24) is 0 Å². The predicted octanol–water partition coefficient (Wildman–Crippen LogP) is 3.51. The normalized spacial score (nSPS) is 39.8. The third-order valence-electron chi connectivity index (χ3n) is 6.07. The molecule has 0 aromatic heterocycles. The van der Waals surface area contributed by atoms with Crippen LogP contribution in [-0.4, -0.2) is 43.3 Å². The lowest BCUT2D eigenvalue weighted by molar-refractivity contribution is -0.338. The van der Waals surface area contributed by atoms with Crippen molar-refractivity contribution in [3.63, 3.8) is 0 Å². The summed E-state index contributed by atoms with van der Waals surface area (Å²) >= 11 is 0. The molecule has 3 saturated heterocycles. The zero-order chi connectivity index (χ0) is 18.3. The Labute approximate surface area is 155 Å². The monoisotopic (exact) mass is 362 g/mol. The van der Waals surface area contributed by atoms with Gasteiger partial charge in [0, 0.05) is 6.42 Å². The Morgan fingerprint density at radius 3 is 2.12 bits per heavy atom. The Bertz CT molecular complexity index is 586. The van der Waals surface area contributed by atoms with Crippen LogP contribution in [0.15, 0.2) is 30.3 Å². The van der Waals surface area contributed by atoms with Crippen LogP contribution in [0, 0.1) is 11.8 Å². The van der Waals surface area contributed by atoms with E-state index in [-0.39, 0.29) is 42.5 Å². The molecular weight excluding hydrogens is 332 g/mol. The van der Waals surface area contributed by atoms with E-state index >= 15 is 0 Å². The standard InChI is InChI=1S/C21H30O5/c1-13-14(2)24-20(23-13)11-18-12-22-21(25-15(3)16(4)26-21)19(18)10-17-8-6-5-7-9-17/h5-9,13-16,18-20H,10-12H2,1-4H3/t13-,14-,15-,16-,18-,19+/m1/s1. The lowest BCUT2D eigenvalue weighted by Crippen LogP contribution is -2.40. The molecule has 0 amide bonds. The Morgan fingerprint density at radius 2 is 1.50 bits per heavy atom. The van der Waals surface area contributed by atoms with Crippen molar-refractivity contribution >= 4 is 0 Å². The molecule has 0 saturated carbocycles. The van der Waals surface area contributed by atoms with Crippen LogP contribution in [-0.2, 0) is 30.1 Å². The first-order valence-electron chi connectivity index (χ1n) is 9.81. The first-order chi connectivity index (χ1) is 12.5. The zero-order valence-corrected chi connectivity index (χ0v) is 16.1. The van der Waals surface area contributed by atoms with Gasteiger partial charge in [-0.2, -0.15) is 0 Å². The van der Waals surface area contributed by atoms with Crippen LogP contribution >= 0.6 is 0 Å². The fourth-order valence-electron chi connectivity index (χ4n) is 4.20. The summed E-state index contributed by atoms with van der Waals surface area (Å²) in [5.41, 5.74) is 1.27. The highest BCUT2D eigenvalue weighted by Gasteiger charge is 2.58. The van der Waals surface area contributed by atoms with Crippen LogP contribution in [0.5, 0.6) is 0 Å². The summed E-state index contributed by atoms with van der Waals surface area (Å²) in [4.78, 5) is 0. The van der Waals surface area contributed by atoms with Crippen LogP contribution in [0.25, 0.3) is 0 Å². The second-order valence-corrected chi connectivity index (χ2v) is 7.96. The number of hydrogen-bond acceptors (Lipinski definition) is 5. The molecule has 5 nitrogen and oxygen atoms in total. The van der Waals surface area contributed by atoms with Gasteiger partial charge in [-0.15, -0.1) is 0 Å². The topological polar surface area (TPSA) is 46.2 Å². The van der Waals surface area contributed by atoms with Crippen molar-refractivity contribution < 1.29 is 23.7 Å². The van der Waals surface area contributed by atoms with E-state index in [2.05, 4.69) is 38.1 Å². The third-order valence-corrected chi connectivity index (χ3v) is 6.07. The maximum atomic E-state index is 6.22. The van der Waals surface area contributed by atoms with Gasteiger partial charge in [-0.1, -0.05) is 30.3 Å². The van der Waals surface area contributed by atoms with Gasteiger partial charge in [0.15, 0.2) is 6.29 Å². The van der Waals surface area contributed by atoms with Crippen molar-refractivity contribution in [2.24, 2.45) is 11.8 Å². The van der Waals surface area contributed by atoms with Gasteiger partial charge in [0.05, 0.1) is 36.9 Å². The molecule has 0 unspecified atom stereocenters. The van der Waals surface area contributed by atoms with E-state index in [0.717, 1.165) is 12.8 Å². The molecule has 1 aromatic carbocycles. The van der Waals surface area contributed by atoms with Crippen molar-refractivity contribution in [2.45, 2.75) is 77.2 Å². The van der Waals surface area contributed by atoms with Crippen LogP contribution in [0.3, 0.4) is 0 Å². The molecule has 3 heterocycles. The van der Waals surface area contributed by atoms with Crippen molar-refractivity contribution in [3.05, 3.63) is 35.9 Å². The first kappa shape index (κ1) is 18.4. The van der Waals surface area contributed by atoms with Gasteiger partial charge in [0.1, 0.15) is 0 Å². The SMILES string of the molecule is C[C@H]1OC(C[C@@H]2COC3(O[C@H](C)[C@@H](C)O3)[C@H]2Cc2ccccc2)O[C@@H]1C. The number of hydrogen-bond donors (Lipinski definition) is 0. The second-order valence-electron chi connectivity index (χ2n) is 7.96. The molecule has 4 rings (SSSR count). The number of benzene rings is 1. The van der Waals surface area contributed by atoms with Crippen LogP contribution < -0.4 is 0 Å². The maximum Gasteiger partial charge on any atom is 0.287 e. The van der Waals surface area contributed by atoms with Crippen molar-refractivity contribution in [2.75, 3.05) is 6.61 Å². The zero-order valence-electron chi connectivity index (χ0n) is 16.1. The molecule has 0 aliphatic carbocycles. The van der Waals surface area contributed by atoms with Crippen LogP contribution in [0.2, 0.25) is 0 Å². The Hall–Kier alpha value is -0.980. The minimum Gasteiger partial charge on any atom is -0.347 e.